The first-order valence-electron chi connectivity index (χ1n) is 9.36. The van der Waals surface area contributed by atoms with Crippen molar-refractivity contribution in [3.8, 4) is 0 Å². The summed E-state index contributed by atoms with van der Waals surface area (Å²) < 4.78 is 0. The summed E-state index contributed by atoms with van der Waals surface area (Å²) in [6, 6.07) is 9.49. The number of allylic oxidation sites excluding steroid dienone is 3. The van der Waals surface area contributed by atoms with Gasteiger partial charge in [-0.3, -0.25) is 4.79 Å². The Labute approximate surface area is 170 Å². The fraction of sp³-hybridized carbons (Fsp3) is 0.350. The van der Waals surface area contributed by atoms with Crippen molar-refractivity contribution >= 4 is 22.4 Å². The average Bonchev–Trinajstić information content (AvgIpc) is 3.11. The van der Waals surface area contributed by atoms with Gasteiger partial charge in [0, 0.05) is 12.1 Å². The van der Waals surface area contributed by atoms with Gasteiger partial charge in [0.25, 0.3) is 0 Å². The Morgan fingerprint density at radius 1 is 1.11 bits per heavy atom. The number of aryl methyl sites for hydroxylation is 1. The number of hydrogen-bond acceptors (Lipinski definition) is 7. The molecule has 0 atom stereocenters. The minimum absolute atomic E-state index is 0.159. The Morgan fingerprint density at radius 3 is 2.46 bits per heavy atom. The molecule has 2 aromatic rings. The fourth-order valence-electron chi connectivity index (χ4n) is 2.28. The minimum Gasteiger partial charge on any atom is -0.402 e. The summed E-state index contributed by atoms with van der Waals surface area (Å²) in [6.07, 6.45) is 7.09. The van der Waals surface area contributed by atoms with Gasteiger partial charge in [-0.2, -0.15) is 0 Å². The smallest absolute Gasteiger partial charge is 0.229 e. The van der Waals surface area contributed by atoms with E-state index in [1.165, 1.54) is 11.3 Å². The number of nitrogens with zero attached hydrogens (tertiary/aromatic N) is 2. The molecule has 0 bridgehead atoms. The molecule has 0 fully saturated rings. The molecule has 7 nitrogen and oxygen atoms in total. The van der Waals surface area contributed by atoms with E-state index >= 15 is 0 Å². The van der Waals surface area contributed by atoms with Gasteiger partial charge in [0.05, 0.1) is 6.42 Å². The van der Waals surface area contributed by atoms with Crippen molar-refractivity contribution in [3.63, 3.8) is 0 Å². The zero-order valence-corrected chi connectivity index (χ0v) is 17.3. The third-order valence-corrected chi connectivity index (χ3v) is 4.37. The van der Waals surface area contributed by atoms with Gasteiger partial charge in [-0.05, 0) is 37.0 Å². The standard InChI is InChI=1S/C18H24N6OS.C2H6/c19-14(8-4-5-9-17-23-24-18(21)26-17)10-11-15(20)22-16(25)12-13-6-2-1-3-7-13;1-2/h1-3,6-7,10-11H,4-5,8-9,12,19-20H2,(H2,21,24)(H,22,25);1-2H3/b14-10-,15-11+;. The fourth-order valence-corrected chi connectivity index (χ4v) is 2.93. The molecular weight excluding hydrogens is 372 g/mol. The molecule has 28 heavy (non-hydrogen) atoms. The number of nitrogens with one attached hydrogen (secondary N) is 1. The SMILES string of the molecule is CC.N/C(=C\C=C(/N)NC(=O)Cc1ccccc1)CCCCc1nnc(N)s1. The number of carbonyl (C=O) groups is 1. The first kappa shape index (κ1) is 23.2. The van der Waals surface area contributed by atoms with E-state index < -0.39 is 0 Å². The zero-order chi connectivity index (χ0) is 20.8. The van der Waals surface area contributed by atoms with Crippen molar-refractivity contribution in [2.24, 2.45) is 11.5 Å². The highest BCUT2D eigenvalue weighted by Gasteiger charge is 2.03. The van der Waals surface area contributed by atoms with E-state index in [1.807, 2.05) is 44.2 Å². The van der Waals surface area contributed by atoms with Crippen LogP contribution in [0.1, 0.15) is 43.7 Å². The van der Waals surface area contributed by atoms with E-state index in [9.17, 15) is 4.79 Å². The van der Waals surface area contributed by atoms with Gasteiger partial charge in [-0.1, -0.05) is 55.5 Å². The number of aromatic nitrogens is 2. The summed E-state index contributed by atoms with van der Waals surface area (Å²) in [4.78, 5) is 11.9. The van der Waals surface area contributed by atoms with Crippen LogP contribution < -0.4 is 22.5 Å². The third-order valence-electron chi connectivity index (χ3n) is 3.56. The highest BCUT2D eigenvalue weighted by atomic mass is 32.1. The number of nitrogen functional groups attached to an aromatic ring is 1. The van der Waals surface area contributed by atoms with Gasteiger partial charge in [0.15, 0.2) is 0 Å². The molecule has 0 saturated carbocycles. The molecule has 152 valence electrons. The molecule has 0 unspecified atom stereocenters. The molecule has 0 aliphatic carbocycles. The lowest BCUT2D eigenvalue weighted by molar-refractivity contribution is -0.119. The van der Waals surface area contributed by atoms with Crippen LogP contribution in [0.25, 0.3) is 0 Å². The van der Waals surface area contributed by atoms with E-state index in [0.29, 0.717) is 10.8 Å². The summed E-state index contributed by atoms with van der Waals surface area (Å²) in [5, 5.41) is 11.8. The summed E-state index contributed by atoms with van der Waals surface area (Å²) in [6.45, 7) is 4.00. The monoisotopic (exact) mass is 402 g/mol. The molecule has 8 heteroatoms. The quantitative estimate of drug-likeness (QED) is 0.376. The van der Waals surface area contributed by atoms with Crippen molar-refractivity contribution in [1.29, 1.82) is 0 Å². The Balaban J connectivity index is 0.00000190. The number of benzene rings is 1. The first-order valence-corrected chi connectivity index (χ1v) is 10.2. The molecule has 0 saturated heterocycles. The Morgan fingerprint density at radius 2 is 1.82 bits per heavy atom. The van der Waals surface area contributed by atoms with Crippen molar-refractivity contribution in [1.82, 2.24) is 15.5 Å². The van der Waals surface area contributed by atoms with E-state index in [4.69, 9.17) is 17.2 Å². The van der Waals surface area contributed by atoms with Crippen LogP contribution in [0.15, 0.2) is 54.0 Å². The molecule has 1 heterocycles. The number of amides is 1. The maximum Gasteiger partial charge on any atom is 0.229 e. The second-order valence-electron chi connectivity index (χ2n) is 5.82. The Kier molecular flexibility index (Phi) is 11.0. The maximum atomic E-state index is 11.9. The molecule has 0 radical (unpaired) electrons. The van der Waals surface area contributed by atoms with Gasteiger partial charge in [-0.25, -0.2) is 0 Å². The van der Waals surface area contributed by atoms with Crippen LogP contribution in [0, 0.1) is 0 Å². The molecule has 0 aliphatic heterocycles. The second-order valence-corrected chi connectivity index (χ2v) is 6.91. The summed E-state index contributed by atoms with van der Waals surface area (Å²) >= 11 is 1.41. The van der Waals surface area contributed by atoms with Gasteiger partial charge < -0.3 is 22.5 Å². The van der Waals surface area contributed by atoms with Crippen LogP contribution in [0.4, 0.5) is 5.13 Å². The third kappa shape index (κ3) is 9.72. The number of hydrogen-bond donors (Lipinski definition) is 4. The van der Waals surface area contributed by atoms with Crippen LogP contribution in [0.2, 0.25) is 0 Å². The van der Waals surface area contributed by atoms with Gasteiger partial charge >= 0.3 is 0 Å². The van der Waals surface area contributed by atoms with E-state index in [-0.39, 0.29) is 18.1 Å². The molecule has 1 aromatic heterocycles. The van der Waals surface area contributed by atoms with Crippen LogP contribution in [-0.2, 0) is 17.6 Å². The topological polar surface area (TPSA) is 133 Å². The molecule has 2 rings (SSSR count). The minimum atomic E-state index is -0.159. The lowest BCUT2D eigenvalue weighted by atomic mass is 10.1. The Bertz CT molecular complexity index is 770. The molecule has 1 amide bonds. The van der Waals surface area contributed by atoms with Crippen LogP contribution >= 0.6 is 11.3 Å². The lowest BCUT2D eigenvalue weighted by Crippen LogP contribution is -2.28. The molecule has 0 aliphatic rings. The molecule has 1 aromatic carbocycles. The van der Waals surface area contributed by atoms with Gasteiger partial charge in [-0.15, -0.1) is 10.2 Å². The summed E-state index contributed by atoms with van der Waals surface area (Å²) in [7, 11) is 0. The number of anilines is 1. The number of rotatable bonds is 9. The maximum absolute atomic E-state index is 11.9. The largest absolute Gasteiger partial charge is 0.402 e. The van der Waals surface area contributed by atoms with Crippen molar-refractivity contribution in [2.75, 3.05) is 5.73 Å². The molecular formula is C20H30N6OS. The summed E-state index contributed by atoms with van der Waals surface area (Å²) in [5.74, 6) is 0.117. The highest BCUT2D eigenvalue weighted by Crippen LogP contribution is 2.14. The predicted molar refractivity (Wildman–Crippen MR) is 116 cm³/mol. The van der Waals surface area contributed by atoms with Crippen molar-refractivity contribution in [3.05, 3.63) is 64.6 Å². The van der Waals surface area contributed by atoms with Crippen LogP contribution in [0.3, 0.4) is 0 Å². The summed E-state index contributed by atoms with van der Waals surface area (Å²) in [5.41, 5.74) is 19.0. The van der Waals surface area contributed by atoms with E-state index in [0.717, 1.165) is 36.3 Å². The zero-order valence-electron chi connectivity index (χ0n) is 16.5. The normalized spacial score (nSPS) is 11.5. The van der Waals surface area contributed by atoms with Crippen LogP contribution in [-0.4, -0.2) is 16.1 Å². The van der Waals surface area contributed by atoms with Gasteiger partial charge in [0.2, 0.25) is 11.0 Å². The predicted octanol–water partition coefficient (Wildman–Crippen LogP) is 2.86. The average molecular weight is 403 g/mol. The van der Waals surface area contributed by atoms with E-state index in [2.05, 4.69) is 15.5 Å². The van der Waals surface area contributed by atoms with E-state index in [1.54, 1.807) is 12.2 Å². The number of unbranched alkanes of at least 4 members (excludes halogenated alkanes) is 1. The second kappa shape index (κ2) is 13.3. The van der Waals surface area contributed by atoms with Gasteiger partial charge in [0.1, 0.15) is 10.8 Å². The number of carbonyl (C=O) groups excluding carboxylic acids is 1. The molecule has 7 N–H and O–H groups in total. The lowest BCUT2D eigenvalue weighted by Gasteiger charge is -2.05. The first-order chi connectivity index (χ1) is 13.5. The van der Waals surface area contributed by atoms with Crippen molar-refractivity contribution in [2.45, 2.75) is 46.0 Å². The molecule has 0 spiro atoms. The van der Waals surface area contributed by atoms with Crippen molar-refractivity contribution < 1.29 is 4.79 Å². The highest BCUT2D eigenvalue weighted by molar-refractivity contribution is 7.15. The number of nitrogens with two attached hydrogens (primary N) is 3. The van der Waals surface area contributed by atoms with Crippen LogP contribution in [0.5, 0.6) is 0 Å². The Hall–Kier alpha value is -2.87.